The lowest BCUT2D eigenvalue weighted by molar-refractivity contribution is -0.139. The van der Waals surface area contributed by atoms with Crippen LogP contribution in [0.25, 0.3) is 0 Å². The molecule has 0 aliphatic heterocycles. The number of methoxy groups -OCH3 is 1. The SMILES string of the molecule is COC(=O)Cc1nccc(Cl)n1. The molecule has 0 spiro atoms. The molecule has 1 heterocycles. The van der Waals surface area contributed by atoms with Crippen molar-refractivity contribution >= 4 is 17.6 Å². The molecule has 0 radical (unpaired) electrons. The van der Waals surface area contributed by atoms with Gasteiger partial charge in [-0.1, -0.05) is 11.6 Å². The normalized spacial score (nSPS) is 9.50. The van der Waals surface area contributed by atoms with Gasteiger partial charge in [-0.05, 0) is 6.07 Å². The fourth-order valence-electron chi connectivity index (χ4n) is 0.661. The molecule has 0 atom stereocenters. The summed E-state index contributed by atoms with van der Waals surface area (Å²) in [6, 6.07) is 1.54. The second-order valence-corrected chi connectivity index (χ2v) is 2.44. The zero-order valence-electron chi connectivity index (χ0n) is 6.45. The number of hydrogen-bond donors (Lipinski definition) is 0. The van der Waals surface area contributed by atoms with Crippen molar-refractivity contribution in [2.24, 2.45) is 0 Å². The van der Waals surface area contributed by atoms with Gasteiger partial charge in [-0.25, -0.2) is 9.97 Å². The number of aromatic nitrogens is 2. The number of rotatable bonds is 2. The predicted molar refractivity (Wildman–Crippen MR) is 42.8 cm³/mol. The number of carbonyl (C=O) groups is 1. The molecule has 0 amide bonds. The fourth-order valence-corrected chi connectivity index (χ4v) is 0.815. The molecule has 0 unspecified atom stereocenters. The third-order valence-corrected chi connectivity index (χ3v) is 1.41. The Morgan fingerprint density at radius 2 is 2.50 bits per heavy atom. The molecule has 4 nitrogen and oxygen atoms in total. The van der Waals surface area contributed by atoms with Crippen molar-refractivity contribution in [3.8, 4) is 0 Å². The smallest absolute Gasteiger partial charge is 0.313 e. The highest BCUT2D eigenvalue weighted by Crippen LogP contribution is 2.02. The third kappa shape index (κ3) is 2.47. The highest BCUT2D eigenvalue weighted by molar-refractivity contribution is 6.29. The lowest BCUT2D eigenvalue weighted by Gasteiger charge is -1.97. The van der Waals surface area contributed by atoms with E-state index in [9.17, 15) is 4.79 Å². The van der Waals surface area contributed by atoms with Crippen LogP contribution in [0.1, 0.15) is 5.82 Å². The number of hydrogen-bond acceptors (Lipinski definition) is 4. The Hall–Kier alpha value is -1.16. The van der Waals surface area contributed by atoms with Gasteiger partial charge in [0, 0.05) is 6.20 Å². The fraction of sp³-hybridized carbons (Fsp3) is 0.286. The van der Waals surface area contributed by atoms with Gasteiger partial charge in [-0.2, -0.15) is 0 Å². The van der Waals surface area contributed by atoms with Crippen molar-refractivity contribution in [2.45, 2.75) is 6.42 Å². The van der Waals surface area contributed by atoms with Crippen molar-refractivity contribution in [3.05, 3.63) is 23.2 Å². The summed E-state index contributed by atoms with van der Waals surface area (Å²) in [5.41, 5.74) is 0. The van der Waals surface area contributed by atoms with Crippen LogP contribution in [0.2, 0.25) is 5.15 Å². The van der Waals surface area contributed by atoms with Gasteiger partial charge < -0.3 is 4.74 Å². The maximum Gasteiger partial charge on any atom is 0.313 e. The van der Waals surface area contributed by atoms with Crippen molar-refractivity contribution < 1.29 is 9.53 Å². The van der Waals surface area contributed by atoms with Gasteiger partial charge in [0.15, 0.2) is 0 Å². The van der Waals surface area contributed by atoms with Crippen LogP contribution >= 0.6 is 11.6 Å². The highest BCUT2D eigenvalue weighted by Gasteiger charge is 2.04. The molecule has 0 fully saturated rings. The Kier molecular flexibility index (Phi) is 2.99. The standard InChI is InChI=1S/C7H7ClN2O2/c1-12-7(11)4-6-9-3-2-5(8)10-6/h2-3H,4H2,1H3. The predicted octanol–water partition coefficient (Wildman–Crippen LogP) is 0.845. The van der Waals surface area contributed by atoms with Gasteiger partial charge in [0.2, 0.25) is 0 Å². The molecule has 64 valence electrons. The molecular formula is C7H7ClN2O2. The first-order valence-corrected chi connectivity index (χ1v) is 3.64. The minimum atomic E-state index is -0.378. The van der Waals surface area contributed by atoms with Gasteiger partial charge in [0.05, 0.1) is 7.11 Å². The number of esters is 1. The molecule has 0 saturated carbocycles. The Bertz CT molecular complexity index is 290. The maximum atomic E-state index is 10.7. The van der Waals surface area contributed by atoms with E-state index < -0.39 is 0 Å². The maximum absolute atomic E-state index is 10.7. The van der Waals surface area contributed by atoms with E-state index in [0.717, 1.165) is 0 Å². The molecule has 0 aliphatic rings. The molecule has 1 aromatic rings. The van der Waals surface area contributed by atoms with E-state index >= 15 is 0 Å². The summed E-state index contributed by atoms with van der Waals surface area (Å²) in [5, 5.41) is 0.323. The van der Waals surface area contributed by atoms with E-state index in [1.165, 1.54) is 13.3 Å². The molecule has 0 N–H and O–H groups in total. The second kappa shape index (κ2) is 4.01. The van der Waals surface area contributed by atoms with Crippen LogP contribution < -0.4 is 0 Å². The first-order valence-electron chi connectivity index (χ1n) is 3.26. The molecule has 1 rings (SSSR count). The van der Waals surface area contributed by atoms with Gasteiger partial charge >= 0.3 is 5.97 Å². The van der Waals surface area contributed by atoms with Gasteiger partial charge in [0.25, 0.3) is 0 Å². The first kappa shape index (κ1) is 8.93. The molecule has 0 bridgehead atoms. The van der Waals surface area contributed by atoms with E-state index in [2.05, 4.69) is 14.7 Å². The topological polar surface area (TPSA) is 52.1 Å². The van der Waals surface area contributed by atoms with Crippen LogP contribution in [0, 0.1) is 0 Å². The van der Waals surface area contributed by atoms with Crippen LogP contribution in [-0.4, -0.2) is 23.0 Å². The number of carbonyl (C=O) groups excluding carboxylic acids is 1. The monoisotopic (exact) mass is 186 g/mol. The van der Waals surface area contributed by atoms with Crippen LogP contribution in [0.3, 0.4) is 0 Å². The van der Waals surface area contributed by atoms with Crippen molar-refractivity contribution in [2.75, 3.05) is 7.11 Å². The van der Waals surface area contributed by atoms with Crippen LogP contribution in [0.4, 0.5) is 0 Å². The summed E-state index contributed by atoms with van der Waals surface area (Å²) < 4.78 is 4.43. The Balaban J connectivity index is 2.69. The summed E-state index contributed by atoms with van der Waals surface area (Å²) in [6.07, 6.45) is 1.55. The van der Waals surface area contributed by atoms with Gasteiger partial charge in [0.1, 0.15) is 17.4 Å². The summed E-state index contributed by atoms with van der Waals surface area (Å²) >= 11 is 5.57. The lowest BCUT2D eigenvalue weighted by atomic mass is 10.4. The third-order valence-electron chi connectivity index (χ3n) is 1.20. The Morgan fingerprint density at radius 1 is 1.75 bits per heavy atom. The summed E-state index contributed by atoms with van der Waals surface area (Å²) in [4.78, 5) is 18.4. The zero-order chi connectivity index (χ0) is 8.97. The number of ether oxygens (including phenoxy) is 1. The summed E-state index contributed by atoms with van der Waals surface area (Å²) in [6.45, 7) is 0. The Labute approximate surface area is 74.5 Å². The summed E-state index contributed by atoms with van der Waals surface area (Å²) in [5.74, 6) is -0.00776. The van der Waals surface area contributed by atoms with Crippen molar-refractivity contribution in [1.29, 1.82) is 0 Å². The average Bonchev–Trinajstić information content (AvgIpc) is 2.04. The van der Waals surface area contributed by atoms with Gasteiger partial charge in [-0.3, -0.25) is 4.79 Å². The molecule has 12 heavy (non-hydrogen) atoms. The quantitative estimate of drug-likeness (QED) is 0.508. The molecule has 0 aliphatic carbocycles. The minimum absolute atomic E-state index is 0.0526. The molecule has 1 aromatic heterocycles. The first-order chi connectivity index (χ1) is 5.72. The van der Waals surface area contributed by atoms with Crippen molar-refractivity contribution in [3.63, 3.8) is 0 Å². The largest absolute Gasteiger partial charge is 0.469 e. The highest BCUT2D eigenvalue weighted by atomic mass is 35.5. The number of halogens is 1. The van der Waals surface area contributed by atoms with Crippen LogP contribution in [0.15, 0.2) is 12.3 Å². The average molecular weight is 187 g/mol. The summed E-state index contributed by atoms with van der Waals surface area (Å²) in [7, 11) is 1.31. The zero-order valence-corrected chi connectivity index (χ0v) is 7.21. The molecule has 0 aromatic carbocycles. The van der Waals surface area contributed by atoms with Gasteiger partial charge in [-0.15, -0.1) is 0 Å². The van der Waals surface area contributed by atoms with Crippen LogP contribution in [-0.2, 0) is 16.0 Å². The van der Waals surface area contributed by atoms with E-state index in [-0.39, 0.29) is 12.4 Å². The lowest BCUT2D eigenvalue weighted by Crippen LogP contribution is -2.07. The second-order valence-electron chi connectivity index (χ2n) is 2.05. The molecular weight excluding hydrogens is 180 g/mol. The molecule has 5 heteroatoms. The van der Waals surface area contributed by atoms with Crippen molar-refractivity contribution in [1.82, 2.24) is 9.97 Å². The number of nitrogens with zero attached hydrogens (tertiary/aromatic N) is 2. The molecule has 0 saturated heterocycles. The Morgan fingerprint density at radius 3 is 3.08 bits per heavy atom. The van der Waals surface area contributed by atoms with Crippen LogP contribution in [0.5, 0.6) is 0 Å². The van der Waals surface area contributed by atoms with E-state index in [1.807, 2.05) is 0 Å². The van der Waals surface area contributed by atoms with E-state index in [0.29, 0.717) is 11.0 Å². The van der Waals surface area contributed by atoms with E-state index in [4.69, 9.17) is 11.6 Å². The minimum Gasteiger partial charge on any atom is -0.469 e. The van der Waals surface area contributed by atoms with E-state index in [1.54, 1.807) is 6.07 Å².